The van der Waals surface area contributed by atoms with Crippen LogP contribution in [-0.4, -0.2) is 50.0 Å². The monoisotopic (exact) mass is 409 g/mol. The van der Waals surface area contributed by atoms with E-state index in [0.717, 1.165) is 18.7 Å². The molecular formula is C24H31N3O3. The molecule has 0 aliphatic carbocycles. The average molecular weight is 410 g/mol. The molecule has 1 heterocycles. The van der Waals surface area contributed by atoms with Crippen LogP contribution in [-0.2, 0) is 11.3 Å². The molecule has 2 aromatic rings. The van der Waals surface area contributed by atoms with Crippen molar-refractivity contribution in [3.63, 3.8) is 0 Å². The van der Waals surface area contributed by atoms with Crippen LogP contribution in [0, 0.1) is 0 Å². The van der Waals surface area contributed by atoms with Gasteiger partial charge in [0.05, 0.1) is 18.7 Å². The molecule has 6 heteroatoms. The molecule has 6 nitrogen and oxygen atoms in total. The van der Waals surface area contributed by atoms with Crippen LogP contribution in [0.15, 0.2) is 48.5 Å². The second-order valence-corrected chi connectivity index (χ2v) is 7.54. The van der Waals surface area contributed by atoms with Gasteiger partial charge in [-0.25, -0.2) is 0 Å². The Labute approximate surface area is 178 Å². The molecule has 0 radical (unpaired) electrons. The molecule has 0 spiro atoms. The van der Waals surface area contributed by atoms with Gasteiger partial charge in [-0.1, -0.05) is 30.3 Å². The van der Waals surface area contributed by atoms with Gasteiger partial charge in [0.2, 0.25) is 5.91 Å². The summed E-state index contributed by atoms with van der Waals surface area (Å²) in [5.74, 6) is 0.0777. The van der Waals surface area contributed by atoms with Gasteiger partial charge < -0.3 is 19.9 Å². The summed E-state index contributed by atoms with van der Waals surface area (Å²) in [6.07, 6.45) is 3.69. The Hall–Kier alpha value is -3.02. The predicted octanol–water partition coefficient (Wildman–Crippen LogP) is 3.46. The lowest BCUT2D eigenvalue weighted by molar-refractivity contribution is -0.129. The minimum Gasteiger partial charge on any atom is -0.493 e. The highest BCUT2D eigenvalue weighted by atomic mass is 16.5. The highest BCUT2D eigenvalue weighted by Gasteiger charge is 2.18. The van der Waals surface area contributed by atoms with Crippen molar-refractivity contribution in [1.29, 1.82) is 0 Å². The van der Waals surface area contributed by atoms with E-state index in [9.17, 15) is 9.59 Å². The summed E-state index contributed by atoms with van der Waals surface area (Å²) in [7, 11) is 1.77. The fraction of sp³-hybridized carbons (Fsp3) is 0.417. The maximum Gasteiger partial charge on any atom is 0.255 e. The van der Waals surface area contributed by atoms with Crippen molar-refractivity contribution >= 4 is 17.5 Å². The van der Waals surface area contributed by atoms with Crippen LogP contribution in [0.1, 0.15) is 42.1 Å². The molecule has 160 valence electrons. The first-order valence-electron chi connectivity index (χ1n) is 10.7. The van der Waals surface area contributed by atoms with E-state index >= 15 is 0 Å². The van der Waals surface area contributed by atoms with Crippen LogP contribution in [0.3, 0.4) is 0 Å². The zero-order chi connectivity index (χ0) is 21.3. The summed E-state index contributed by atoms with van der Waals surface area (Å²) in [6.45, 7) is 4.92. The van der Waals surface area contributed by atoms with Crippen molar-refractivity contribution in [1.82, 2.24) is 10.2 Å². The highest BCUT2D eigenvalue weighted by Crippen LogP contribution is 2.25. The van der Waals surface area contributed by atoms with E-state index in [1.165, 1.54) is 24.9 Å². The summed E-state index contributed by atoms with van der Waals surface area (Å²) in [6, 6.07) is 15.3. The lowest BCUT2D eigenvalue weighted by Crippen LogP contribution is -2.38. The number of nitrogens with zero attached hydrogens (tertiary/aromatic N) is 2. The number of nitrogens with one attached hydrogen (secondary N) is 1. The number of para-hydroxylation sites is 2. The molecular weight excluding hydrogens is 378 g/mol. The number of hydrogen-bond acceptors (Lipinski definition) is 4. The van der Waals surface area contributed by atoms with Crippen LogP contribution in [0.2, 0.25) is 0 Å². The number of piperidine rings is 1. The minimum absolute atomic E-state index is 0.0539. The largest absolute Gasteiger partial charge is 0.493 e. The van der Waals surface area contributed by atoms with Gasteiger partial charge in [-0.15, -0.1) is 0 Å². The van der Waals surface area contributed by atoms with E-state index in [2.05, 4.69) is 22.3 Å². The first-order chi connectivity index (χ1) is 14.6. The number of amides is 2. The van der Waals surface area contributed by atoms with Crippen molar-refractivity contribution < 1.29 is 14.3 Å². The Morgan fingerprint density at radius 2 is 1.73 bits per heavy atom. The molecule has 0 unspecified atom stereocenters. The molecule has 0 saturated carbocycles. The zero-order valence-electron chi connectivity index (χ0n) is 17.9. The topological polar surface area (TPSA) is 61.9 Å². The molecule has 30 heavy (non-hydrogen) atoms. The van der Waals surface area contributed by atoms with Crippen LogP contribution in [0.5, 0.6) is 5.75 Å². The fourth-order valence-corrected chi connectivity index (χ4v) is 3.75. The van der Waals surface area contributed by atoms with Crippen LogP contribution >= 0.6 is 0 Å². The van der Waals surface area contributed by atoms with Gasteiger partial charge in [-0.2, -0.15) is 0 Å². The number of benzene rings is 2. The number of carbonyl (C=O) groups excluding carboxylic acids is 2. The van der Waals surface area contributed by atoms with E-state index < -0.39 is 0 Å². The van der Waals surface area contributed by atoms with Gasteiger partial charge in [-0.3, -0.25) is 9.59 Å². The molecule has 1 aliphatic heterocycles. The fourth-order valence-electron chi connectivity index (χ4n) is 3.75. The second-order valence-electron chi connectivity index (χ2n) is 7.54. The summed E-state index contributed by atoms with van der Waals surface area (Å²) in [5, 5.41) is 2.72. The molecule has 1 N–H and O–H groups in total. The standard InChI is InChI=1S/C24H31N3O3/c1-3-30-22-14-8-6-12-20(22)24(29)25-17-23(28)26(2)18-19-11-5-7-13-21(19)27-15-9-4-10-16-27/h5-8,11-14H,3-4,9-10,15-18H2,1-2H3,(H,25,29). The quantitative estimate of drug-likeness (QED) is 0.725. The normalized spacial score (nSPS) is 13.6. The number of ether oxygens (including phenoxy) is 1. The predicted molar refractivity (Wildman–Crippen MR) is 119 cm³/mol. The molecule has 0 atom stereocenters. The molecule has 3 rings (SSSR count). The minimum atomic E-state index is -0.311. The molecule has 1 fully saturated rings. The SMILES string of the molecule is CCOc1ccccc1C(=O)NCC(=O)N(C)Cc1ccccc1N1CCCCC1. The smallest absolute Gasteiger partial charge is 0.255 e. The first-order valence-corrected chi connectivity index (χ1v) is 10.7. The van der Waals surface area contributed by atoms with Gasteiger partial charge >= 0.3 is 0 Å². The van der Waals surface area contributed by atoms with Crippen molar-refractivity contribution in [2.75, 3.05) is 38.2 Å². The summed E-state index contributed by atoms with van der Waals surface area (Å²) in [5.41, 5.74) is 2.76. The summed E-state index contributed by atoms with van der Waals surface area (Å²) >= 11 is 0. The molecule has 1 saturated heterocycles. The second kappa shape index (κ2) is 10.7. The third kappa shape index (κ3) is 5.53. The summed E-state index contributed by atoms with van der Waals surface area (Å²) < 4.78 is 5.50. The Morgan fingerprint density at radius 1 is 1.03 bits per heavy atom. The van der Waals surface area contributed by atoms with E-state index in [4.69, 9.17) is 4.74 Å². The Morgan fingerprint density at radius 3 is 2.50 bits per heavy atom. The zero-order valence-corrected chi connectivity index (χ0v) is 17.9. The summed E-state index contributed by atoms with van der Waals surface area (Å²) in [4.78, 5) is 29.2. The molecule has 2 aromatic carbocycles. The molecule has 2 amide bonds. The Balaban J connectivity index is 1.59. The van der Waals surface area contributed by atoms with E-state index in [0.29, 0.717) is 24.5 Å². The lowest BCUT2D eigenvalue weighted by Gasteiger charge is -2.31. The molecule has 0 bridgehead atoms. The van der Waals surface area contributed by atoms with Crippen molar-refractivity contribution in [2.24, 2.45) is 0 Å². The van der Waals surface area contributed by atoms with Crippen LogP contribution in [0.4, 0.5) is 5.69 Å². The number of anilines is 1. The average Bonchev–Trinajstić information content (AvgIpc) is 2.78. The number of likely N-dealkylation sites (N-methyl/N-ethyl adjacent to an activating group) is 1. The lowest BCUT2D eigenvalue weighted by atomic mass is 10.1. The van der Waals surface area contributed by atoms with Gasteiger partial charge in [0.25, 0.3) is 5.91 Å². The van der Waals surface area contributed by atoms with Gasteiger partial charge in [0.1, 0.15) is 5.75 Å². The first kappa shape index (κ1) is 21.7. The third-order valence-electron chi connectivity index (χ3n) is 5.35. The van der Waals surface area contributed by atoms with E-state index in [1.807, 2.05) is 25.1 Å². The van der Waals surface area contributed by atoms with Crippen LogP contribution < -0.4 is 15.0 Å². The number of rotatable bonds is 8. The van der Waals surface area contributed by atoms with Crippen molar-refractivity contribution in [2.45, 2.75) is 32.7 Å². The van der Waals surface area contributed by atoms with Crippen molar-refractivity contribution in [3.8, 4) is 5.75 Å². The number of carbonyl (C=O) groups is 2. The van der Waals surface area contributed by atoms with Crippen LogP contribution in [0.25, 0.3) is 0 Å². The maximum atomic E-state index is 12.6. The van der Waals surface area contributed by atoms with E-state index in [-0.39, 0.29) is 18.4 Å². The van der Waals surface area contributed by atoms with Gasteiger partial charge in [0.15, 0.2) is 0 Å². The van der Waals surface area contributed by atoms with Crippen molar-refractivity contribution in [3.05, 3.63) is 59.7 Å². The third-order valence-corrected chi connectivity index (χ3v) is 5.35. The highest BCUT2D eigenvalue weighted by molar-refractivity contribution is 5.98. The molecule has 0 aromatic heterocycles. The van der Waals surface area contributed by atoms with Gasteiger partial charge in [0, 0.05) is 32.4 Å². The molecule has 1 aliphatic rings. The van der Waals surface area contributed by atoms with E-state index in [1.54, 1.807) is 30.1 Å². The number of hydrogen-bond donors (Lipinski definition) is 1. The maximum absolute atomic E-state index is 12.6. The van der Waals surface area contributed by atoms with Gasteiger partial charge in [-0.05, 0) is 49.9 Å². The Bertz CT molecular complexity index is 862. The Kier molecular flexibility index (Phi) is 7.71.